The van der Waals surface area contributed by atoms with Crippen LogP contribution in [0.25, 0.3) is 0 Å². The van der Waals surface area contributed by atoms with E-state index in [0.29, 0.717) is 6.42 Å². The van der Waals surface area contributed by atoms with Gasteiger partial charge in [-0.3, -0.25) is 9.69 Å². The summed E-state index contributed by atoms with van der Waals surface area (Å²) in [7, 11) is 0. The highest BCUT2D eigenvalue weighted by molar-refractivity contribution is 5.83. The summed E-state index contributed by atoms with van der Waals surface area (Å²) in [6.45, 7) is 17.7. The Morgan fingerprint density at radius 2 is 1.66 bits per heavy atom. The second-order valence-corrected chi connectivity index (χ2v) is 9.31. The molecule has 0 aromatic carbocycles. The molecule has 1 heterocycles. The number of esters is 1. The minimum Gasteiger partial charge on any atom is -0.458 e. The molecule has 2 amide bonds. The molecule has 1 rings (SSSR count). The summed E-state index contributed by atoms with van der Waals surface area (Å²) in [4.78, 5) is 39.2. The van der Waals surface area contributed by atoms with Gasteiger partial charge in [-0.15, -0.1) is 6.58 Å². The number of carbonyl (C=O) groups is 3. The van der Waals surface area contributed by atoms with Crippen molar-refractivity contribution in [2.75, 3.05) is 0 Å². The number of ether oxygens (including phenoxy) is 2. The van der Waals surface area contributed by atoms with Gasteiger partial charge in [0.15, 0.2) is 0 Å². The van der Waals surface area contributed by atoms with E-state index >= 15 is 0 Å². The van der Waals surface area contributed by atoms with E-state index in [2.05, 4.69) is 11.9 Å². The van der Waals surface area contributed by atoms with Crippen LogP contribution in [0, 0.1) is 5.92 Å². The number of hydrogen-bond donors (Lipinski definition) is 1. The largest absolute Gasteiger partial charge is 0.458 e. The predicted octanol–water partition coefficient (Wildman–Crippen LogP) is 3.59. The van der Waals surface area contributed by atoms with Gasteiger partial charge < -0.3 is 14.8 Å². The third-order valence-corrected chi connectivity index (χ3v) is 4.31. The van der Waals surface area contributed by atoms with Crippen LogP contribution in [0.3, 0.4) is 0 Å². The lowest BCUT2D eigenvalue weighted by Gasteiger charge is -2.36. The molecule has 7 nitrogen and oxygen atoms in total. The van der Waals surface area contributed by atoms with Crippen molar-refractivity contribution in [3.8, 4) is 0 Å². The maximum absolute atomic E-state index is 13.1. The SMILES string of the molecule is C=C[C@H](NC(C)=O)[C@H]1[C@H](/C=C\C)C[C@H](C(=O)OC(C)(C)C)N1C(=O)OC(C)(C)C. The molecule has 1 N–H and O–H groups in total. The fourth-order valence-corrected chi connectivity index (χ4v) is 3.47. The van der Waals surface area contributed by atoms with Gasteiger partial charge in [0.2, 0.25) is 5.91 Å². The van der Waals surface area contributed by atoms with Crippen LogP contribution < -0.4 is 5.32 Å². The Morgan fingerprint density at radius 1 is 1.10 bits per heavy atom. The highest BCUT2D eigenvalue weighted by Gasteiger charge is 2.51. The minimum absolute atomic E-state index is 0.181. The molecular weight excluding hydrogens is 372 g/mol. The molecule has 29 heavy (non-hydrogen) atoms. The fraction of sp³-hybridized carbons (Fsp3) is 0.682. The lowest BCUT2D eigenvalue weighted by atomic mass is 9.92. The molecule has 0 radical (unpaired) electrons. The van der Waals surface area contributed by atoms with Crippen molar-refractivity contribution in [2.45, 2.75) is 91.1 Å². The molecule has 7 heteroatoms. The van der Waals surface area contributed by atoms with Crippen LogP contribution in [0.4, 0.5) is 4.79 Å². The van der Waals surface area contributed by atoms with Gasteiger partial charge in [0.05, 0.1) is 12.1 Å². The zero-order valence-corrected chi connectivity index (χ0v) is 18.9. The van der Waals surface area contributed by atoms with Crippen molar-refractivity contribution < 1.29 is 23.9 Å². The molecule has 0 unspecified atom stereocenters. The summed E-state index contributed by atoms with van der Waals surface area (Å²) in [5, 5.41) is 2.82. The molecule has 1 saturated heterocycles. The third kappa shape index (κ3) is 7.22. The zero-order chi connectivity index (χ0) is 22.6. The predicted molar refractivity (Wildman–Crippen MR) is 112 cm³/mol. The Hall–Kier alpha value is -2.31. The van der Waals surface area contributed by atoms with E-state index in [4.69, 9.17) is 9.47 Å². The van der Waals surface area contributed by atoms with Gasteiger partial charge in [-0.2, -0.15) is 0 Å². The molecule has 1 aliphatic rings. The first-order valence-corrected chi connectivity index (χ1v) is 9.96. The summed E-state index contributed by atoms with van der Waals surface area (Å²) >= 11 is 0. The molecule has 0 saturated carbocycles. The highest BCUT2D eigenvalue weighted by Crippen LogP contribution is 2.36. The lowest BCUT2D eigenvalue weighted by molar-refractivity contribution is -0.160. The molecule has 0 aliphatic carbocycles. The van der Waals surface area contributed by atoms with Crippen LogP contribution >= 0.6 is 0 Å². The monoisotopic (exact) mass is 408 g/mol. The first-order valence-electron chi connectivity index (χ1n) is 9.96. The van der Waals surface area contributed by atoms with Crippen molar-refractivity contribution in [1.29, 1.82) is 0 Å². The van der Waals surface area contributed by atoms with Crippen LogP contribution in [0.1, 0.15) is 61.8 Å². The molecule has 0 aromatic rings. The van der Waals surface area contributed by atoms with Crippen LogP contribution in [0.15, 0.2) is 24.8 Å². The van der Waals surface area contributed by atoms with Crippen LogP contribution in [-0.4, -0.2) is 52.2 Å². The molecule has 0 bridgehead atoms. The molecule has 1 fully saturated rings. The van der Waals surface area contributed by atoms with Crippen molar-refractivity contribution in [3.05, 3.63) is 24.8 Å². The van der Waals surface area contributed by atoms with Crippen LogP contribution in [0.2, 0.25) is 0 Å². The highest BCUT2D eigenvalue weighted by atomic mass is 16.6. The van der Waals surface area contributed by atoms with E-state index in [0.717, 1.165) is 0 Å². The van der Waals surface area contributed by atoms with Crippen LogP contribution in [0.5, 0.6) is 0 Å². The number of carbonyl (C=O) groups excluding carboxylic acids is 3. The normalized spacial score (nSPS) is 23.6. The average molecular weight is 409 g/mol. The van der Waals surface area contributed by atoms with Crippen molar-refractivity contribution in [3.63, 3.8) is 0 Å². The van der Waals surface area contributed by atoms with Crippen molar-refractivity contribution in [2.24, 2.45) is 5.92 Å². The van der Waals surface area contributed by atoms with Gasteiger partial charge in [-0.25, -0.2) is 9.59 Å². The van der Waals surface area contributed by atoms with E-state index in [1.165, 1.54) is 11.8 Å². The molecular formula is C22H36N2O5. The number of hydrogen-bond acceptors (Lipinski definition) is 5. The van der Waals surface area contributed by atoms with Crippen molar-refractivity contribution >= 4 is 18.0 Å². The number of rotatable bonds is 5. The number of nitrogens with zero attached hydrogens (tertiary/aromatic N) is 1. The fourth-order valence-electron chi connectivity index (χ4n) is 3.47. The van der Waals surface area contributed by atoms with E-state index < -0.39 is 41.4 Å². The van der Waals surface area contributed by atoms with E-state index in [9.17, 15) is 14.4 Å². The summed E-state index contributed by atoms with van der Waals surface area (Å²) in [6, 6.07) is -1.90. The van der Waals surface area contributed by atoms with Crippen molar-refractivity contribution in [1.82, 2.24) is 10.2 Å². The number of nitrogens with one attached hydrogen (secondary N) is 1. The quantitative estimate of drug-likeness (QED) is 0.555. The Labute approximate surface area is 174 Å². The molecule has 4 atom stereocenters. The van der Waals surface area contributed by atoms with E-state index in [1.807, 2.05) is 19.1 Å². The van der Waals surface area contributed by atoms with Gasteiger partial charge >= 0.3 is 12.1 Å². The average Bonchev–Trinajstić information content (AvgIpc) is 2.89. The summed E-state index contributed by atoms with van der Waals surface area (Å²) < 4.78 is 11.2. The maximum atomic E-state index is 13.1. The number of likely N-dealkylation sites (tertiary alicyclic amines) is 1. The molecule has 1 aliphatic heterocycles. The van der Waals surface area contributed by atoms with E-state index in [1.54, 1.807) is 47.6 Å². The lowest BCUT2D eigenvalue weighted by Crippen LogP contribution is -2.56. The smallest absolute Gasteiger partial charge is 0.411 e. The standard InChI is InChI=1S/C22H36N2O5/c1-10-12-15-13-17(19(26)28-21(4,5)6)24(20(27)29-22(7,8)9)18(15)16(11-2)23-14(3)25/h10-12,15-18H,2,13H2,1,3-9H3,(H,23,25)/b12-10-/t15-,16+,17-,18-/m1/s1. The Kier molecular flexibility index (Phi) is 8.07. The number of amides is 2. The van der Waals surface area contributed by atoms with Gasteiger partial charge in [0, 0.05) is 12.8 Å². The van der Waals surface area contributed by atoms with Gasteiger partial charge in [-0.1, -0.05) is 18.2 Å². The van der Waals surface area contributed by atoms with Gasteiger partial charge in [-0.05, 0) is 54.9 Å². The second-order valence-electron chi connectivity index (χ2n) is 9.31. The number of allylic oxidation sites excluding steroid dienone is 1. The summed E-state index contributed by atoms with van der Waals surface area (Å²) in [5.41, 5.74) is -1.43. The molecule has 164 valence electrons. The first-order chi connectivity index (χ1) is 13.2. The van der Waals surface area contributed by atoms with E-state index in [-0.39, 0.29) is 11.8 Å². The zero-order valence-electron chi connectivity index (χ0n) is 18.9. The second kappa shape index (κ2) is 9.46. The topological polar surface area (TPSA) is 84.9 Å². The molecule has 0 spiro atoms. The summed E-state index contributed by atoms with van der Waals surface area (Å²) in [5.74, 6) is -0.926. The Morgan fingerprint density at radius 3 is 2.07 bits per heavy atom. The molecule has 0 aromatic heterocycles. The third-order valence-electron chi connectivity index (χ3n) is 4.31. The Bertz CT molecular complexity index is 657. The maximum Gasteiger partial charge on any atom is 0.411 e. The Balaban J connectivity index is 3.43. The van der Waals surface area contributed by atoms with Crippen LogP contribution in [-0.2, 0) is 19.1 Å². The van der Waals surface area contributed by atoms with Gasteiger partial charge in [0.1, 0.15) is 17.2 Å². The minimum atomic E-state index is -0.827. The first kappa shape index (κ1) is 24.7. The van der Waals surface area contributed by atoms with Gasteiger partial charge in [0.25, 0.3) is 0 Å². The summed E-state index contributed by atoms with van der Waals surface area (Å²) in [6.07, 6.45) is 5.13.